The number of rotatable bonds is 3. The fraction of sp³-hybridized carbons (Fsp3) is 0.412. The minimum Gasteiger partial charge on any atom is -0.330 e. The van der Waals surface area contributed by atoms with Gasteiger partial charge in [0.15, 0.2) is 0 Å². The Labute approximate surface area is 127 Å². The first-order chi connectivity index (χ1) is 9.28. The van der Waals surface area contributed by atoms with Gasteiger partial charge in [-0.05, 0) is 42.1 Å². The minimum atomic E-state index is 0. The number of hydrogen-bond acceptors (Lipinski definition) is 2. The number of nitrogens with two attached hydrogens (primary N) is 1. The molecule has 1 heterocycles. The van der Waals surface area contributed by atoms with E-state index in [9.17, 15) is 0 Å². The van der Waals surface area contributed by atoms with E-state index in [-0.39, 0.29) is 12.4 Å². The normalized spacial score (nSPS) is 22.9. The second-order valence-electron chi connectivity index (χ2n) is 5.75. The van der Waals surface area contributed by atoms with E-state index in [0.29, 0.717) is 12.0 Å². The fourth-order valence-corrected chi connectivity index (χ4v) is 3.26. The highest BCUT2D eigenvalue weighted by Crippen LogP contribution is 2.26. The molecule has 2 atom stereocenters. The van der Waals surface area contributed by atoms with Crippen molar-refractivity contribution in [2.75, 3.05) is 13.1 Å². The van der Waals surface area contributed by atoms with Gasteiger partial charge in [0, 0.05) is 19.1 Å². The van der Waals surface area contributed by atoms with Gasteiger partial charge in [0.05, 0.1) is 0 Å². The monoisotopic (exact) mass is 290 g/mol. The third-order valence-electron chi connectivity index (χ3n) is 4.38. The molecule has 1 aliphatic heterocycles. The lowest BCUT2D eigenvalue weighted by molar-refractivity contribution is 0.257. The van der Waals surface area contributed by atoms with Crippen molar-refractivity contribution in [1.82, 2.24) is 4.90 Å². The van der Waals surface area contributed by atoms with Gasteiger partial charge in [0.1, 0.15) is 0 Å². The van der Waals surface area contributed by atoms with E-state index in [1.165, 1.54) is 22.8 Å². The van der Waals surface area contributed by atoms with Gasteiger partial charge >= 0.3 is 0 Å². The zero-order valence-corrected chi connectivity index (χ0v) is 12.8. The van der Waals surface area contributed by atoms with Gasteiger partial charge in [0.2, 0.25) is 0 Å². The molecule has 2 nitrogen and oxygen atoms in total. The summed E-state index contributed by atoms with van der Waals surface area (Å²) in [6.45, 7) is 5.32. The van der Waals surface area contributed by atoms with Gasteiger partial charge in [-0.1, -0.05) is 42.5 Å². The molecule has 3 heteroatoms. The summed E-state index contributed by atoms with van der Waals surface area (Å²) in [5, 5.41) is 2.72. The minimum absolute atomic E-state index is 0. The summed E-state index contributed by atoms with van der Waals surface area (Å²) in [6, 6.07) is 15.9. The second kappa shape index (κ2) is 6.57. The Morgan fingerprint density at radius 2 is 1.90 bits per heavy atom. The summed E-state index contributed by atoms with van der Waals surface area (Å²) < 4.78 is 0. The van der Waals surface area contributed by atoms with Crippen molar-refractivity contribution in [3.8, 4) is 0 Å². The van der Waals surface area contributed by atoms with Crippen molar-refractivity contribution in [3.63, 3.8) is 0 Å². The van der Waals surface area contributed by atoms with Crippen molar-refractivity contribution in [3.05, 3.63) is 48.0 Å². The van der Waals surface area contributed by atoms with Crippen molar-refractivity contribution in [2.24, 2.45) is 11.7 Å². The molecule has 1 aliphatic rings. The van der Waals surface area contributed by atoms with Crippen LogP contribution in [0.3, 0.4) is 0 Å². The molecule has 3 rings (SSSR count). The van der Waals surface area contributed by atoms with E-state index >= 15 is 0 Å². The SMILES string of the molecule is CC1CC(CN)CN1Cc1cccc2ccccc12.Cl. The molecule has 1 saturated heterocycles. The molecule has 1 fully saturated rings. The first-order valence-electron chi connectivity index (χ1n) is 7.18. The topological polar surface area (TPSA) is 29.3 Å². The van der Waals surface area contributed by atoms with Crippen LogP contribution < -0.4 is 5.73 Å². The smallest absolute Gasteiger partial charge is 0.0242 e. The van der Waals surface area contributed by atoms with Gasteiger partial charge in [-0.2, -0.15) is 0 Å². The highest BCUT2D eigenvalue weighted by atomic mass is 35.5. The molecule has 0 radical (unpaired) electrons. The lowest BCUT2D eigenvalue weighted by atomic mass is 10.0. The second-order valence-corrected chi connectivity index (χ2v) is 5.75. The molecule has 0 bridgehead atoms. The van der Waals surface area contributed by atoms with E-state index < -0.39 is 0 Å². The first-order valence-corrected chi connectivity index (χ1v) is 7.18. The number of benzene rings is 2. The van der Waals surface area contributed by atoms with E-state index in [1.807, 2.05) is 0 Å². The molecule has 2 aromatic carbocycles. The first kappa shape index (κ1) is 15.3. The number of nitrogens with zero attached hydrogens (tertiary/aromatic N) is 1. The molecule has 0 aromatic heterocycles. The Balaban J connectivity index is 0.00000147. The highest BCUT2D eigenvalue weighted by molar-refractivity contribution is 5.85. The zero-order chi connectivity index (χ0) is 13.2. The van der Waals surface area contributed by atoms with Crippen molar-refractivity contribution in [1.29, 1.82) is 0 Å². The Hall–Kier alpha value is -1.09. The average Bonchev–Trinajstić information content (AvgIpc) is 2.80. The van der Waals surface area contributed by atoms with Crippen molar-refractivity contribution < 1.29 is 0 Å². The van der Waals surface area contributed by atoms with Crippen molar-refractivity contribution in [2.45, 2.75) is 25.9 Å². The summed E-state index contributed by atoms with van der Waals surface area (Å²) in [6.07, 6.45) is 1.24. The molecule has 0 saturated carbocycles. The number of halogens is 1. The van der Waals surface area contributed by atoms with Crippen LogP contribution in [0.25, 0.3) is 10.8 Å². The fourth-order valence-electron chi connectivity index (χ4n) is 3.26. The zero-order valence-electron chi connectivity index (χ0n) is 12.0. The maximum Gasteiger partial charge on any atom is 0.0242 e. The summed E-state index contributed by atoms with van der Waals surface area (Å²) in [7, 11) is 0. The highest BCUT2D eigenvalue weighted by Gasteiger charge is 2.28. The Bertz CT molecular complexity index is 564. The maximum atomic E-state index is 5.82. The Morgan fingerprint density at radius 1 is 1.15 bits per heavy atom. The largest absolute Gasteiger partial charge is 0.330 e. The predicted molar refractivity (Wildman–Crippen MR) is 88.2 cm³/mol. The molecular formula is C17H23ClN2. The van der Waals surface area contributed by atoms with Crippen molar-refractivity contribution >= 4 is 23.2 Å². The number of fused-ring (bicyclic) bond motifs is 1. The van der Waals surface area contributed by atoms with Gasteiger partial charge in [-0.25, -0.2) is 0 Å². The molecule has 2 N–H and O–H groups in total. The molecule has 0 spiro atoms. The van der Waals surface area contributed by atoms with Crippen LogP contribution in [0, 0.1) is 5.92 Å². The van der Waals surface area contributed by atoms with E-state index in [1.54, 1.807) is 0 Å². The standard InChI is InChI=1S/C17H22N2.ClH/c1-13-9-14(10-18)11-19(13)12-16-7-4-6-15-5-2-3-8-17(15)16;/h2-8,13-14H,9-12,18H2,1H3;1H. The predicted octanol–water partition coefficient (Wildman–Crippen LogP) is 3.43. The van der Waals surface area contributed by atoms with Gasteiger partial charge in [0.25, 0.3) is 0 Å². The van der Waals surface area contributed by atoms with Gasteiger partial charge in [-0.3, -0.25) is 4.90 Å². The molecule has 20 heavy (non-hydrogen) atoms. The lowest BCUT2D eigenvalue weighted by Gasteiger charge is -2.22. The van der Waals surface area contributed by atoms with Crippen LogP contribution in [0.1, 0.15) is 18.9 Å². The summed E-state index contributed by atoms with van der Waals surface area (Å²) in [4.78, 5) is 2.57. The lowest BCUT2D eigenvalue weighted by Crippen LogP contribution is -2.27. The number of likely N-dealkylation sites (tertiary alicyclic amines) is 1. The van der Waals surface area contributed by atoms with Gasteiger partial charge in [-0.15, -0.1) is 12.4 Å². The molecule has 0 amide bonds. The van der Waals surface area contributed by atoms with Crippen LogP contribution >= 0.6 is 12.4 Å². The molecule has 2 unspecified atom stereocenters. The van der Waals surface area contributed by atoms with E-state index in [0.717, 1.165) is 19.6 Å². The molecule has 2 aromatic rings. The Kier molecular flexibility index (Phi) is 5.03. The maximum absolute atomic E-state index is 5.82. The summed E-state index contributed by atoms with van der Waals surface area (Å²) in [5.41, 5.74) is 7.25. The molecule has 0 aliphatic carbocycles. The van der Waals surface area contributed by atoms with Crippen LogP contribution in [0.5, 0.6) is 0 Å². The summed E-state index contributed by atoms with van der Waals surface area (Å²) in [5.74, 6) is 0.671. The Morgan fingerprint density at radius 3 is 2.65 bits per heavy atom. The van der Waals surface area contributed by atoms with Crippen LogP contribution in [0.15, 0.2) is 42.5 Å². The number of hydrogen-bond donors (Lipinski definition) is 1. The third-order valence-corrected chi connectivity index (χ3v) is 4.38. The van der Waals surface area contributed by atoms with E-state index in [4.69, 9.17) is 5.73 Å². The quantitative estimate of drug-likeness (QED) is 0.938. The van der Waals surface area contributed by atoms with Crippen LogP contribution in [-0.4, -0.2) is 24.0 Å². The van der Waals surface area contributed by atoms with Crippen LogP contribution in [0.2, 0.25) is 0 Å². The van der Waals surface area contributed by atoms with Crippen LogP contribution in [0.4, 0.5) is 0 Å². The summed E-state index contributed by atoms with van der Waals surface area (Å²) >= 11 is 0. The molecular weight excluding hydrogens is 268 g/mol. The van der Waals surface area contributed by atoms with Gasteiger partial charge < -0.3 is 5.73 Å². The molecule has 108 valence electrons. The average molecular weight is 291 g/mol. The van der Waals surface area contributed by atoms with E-state index in [2.05, 4.69) is 54.3 Å². The third kappa shape index (κ3) is 2.98. The van der Waals surface area contributed by atoms with Crippen LogP contribution in [-0.2, 0) is 6.54 Å².